The lowest BCUT2D eigenvalue weighted by Crippen LogP contribution is -2.39. The molecule has 0 fully saturated rings. The van der Waals surface area contributed by atoms with Gasteiger partial charge in [-0.05, 0) is 36.8 Å². The molecule has 0 spiro atoms. The molecule has 1 heterocycles. The first kappa shape index (κ1) is 17.8. The number of nitrogens with one attached hydrogen (secondary N) is 2. The van der Waals surface area contributed by atoms with Crippen molar-refractivity contribution in [2.24, 2.45) is 10.9 Å². The summed E-state index contributed by atoms with van der Waals surface area (Å²) in [6.45, 7) is 12.7. The first-order chi connectivity index (χ1) is 11.2. The van der Waals surface area contributed by atoms with Gasteiger partial charge >= 0.3 is 0 Å². The molecule has 0 radical (unpaired) electrons. The molecule has 2 rings (SSSR count). The highest BCUT2D eigenvalue weighted by atomic mass is 15.2. The van der Waals surface area contributed by atoms with E-state index in [0.29, 0.717) is 5.92 Å². The minimum atomic E-state index is 0.596. The smallest absolute Gasteiger partial charge is 0.191 e. The molecule has 0 bridgehead atoms. The van der Waals surface area contributed by atoms with Crippen LogP contribution in [0, 0.1) is 5.92 Å². The summed E-state index contributed by atoms with van der Waals surface area (Å²) in [6, 6.07) is 8.83. The molecule has 0 unspecified atom stereocenters. The monoisotopic (exact) mass is 316 g/mol. The molecule has 4 nitrogen and oxygen atoms in total. The lowest BCUT2D eigenvalue weighted by Gasteiger charge is -2.28. The molecule has 0 saturated carbocycles. The normalized spacial score (nSPS) is 15.6. The van der Waals surface area contributed by atoms with E-state index in [4.69, 9.17) is 0 Å². The summed E-state index contributed by atoms with van der Waals surface area (Å²) in [5.74, 6) is 1.55. The summed E-state index contributed by atoms with van der Waals surface area (Å²) in [5, 5.41) is 6.76. The van der Waals surface area contributed by atoms with Crippen molar-refractivity contribution in [3.8, 4) is 0 Å². The van der Waals surface area contributed by atoms with Crippen LogP contribution in [0.2, 0.25) is 0 Å². The number of benzene rings is 1. The van der Waals surface area contributed by atoms with Gasteiger partial charge in [0.1, 0.15) is 0 Å². The van der Waals surface area contributed by atoms with E-state index in [-0.39, 0.29) is 0 Å². The Morgan fingerprint density at radius 2 is 2.00 bits per heavy atom. The fraction of sp³-hybridized carbons (Fsp3) is 0.632. The third-order valence-electron chi connectivity index (χ3n) is 4.11. The van der Waals surface area contributed by atoms with Gasteiger partial charge in [-0.25, -0.2) is 0 Å². The Bertz CT molecular complexity index is 496. The zero-order valence-corrected chi connectivity index (χ0v) is 14.9. The van der Waals surface area contributed by atoms with Gasteiger partial charge in [0.05, 0.1) is 0 Å². The first-order valence-electron chi connectivity index (χ1n) is 9.00. The topological polar surface area (TPSA) is 39.7 Å². The molecular weight excluding hydrogens is 284 g/mol. The third-order valence-corrected chi connectivity index (χ3v) is 4.11. The van der Waals surface area contributed by atoms with E-state index in [2.05, 4.69) is 65.6 Å². The van der Waals surface area contributed by atoms with Crippen molar-refractivity contribution in [2.75, 3.05) is 32.7 Å². The molecule has 1 aromatic rings. The number of guanidine groups is 1. The van der Waals surface area contributed by atoms with Gasteiger partial charge in [-0.3, -0.25) is 9.89 Å². The van der Waals surface area contributed by atoms with Crippen LogP contribution in [0.5, 0.6) is 0 Å². The van der Waals surface area contributed by atoms with Crippen LogP contribution < -0.4 is 10.6 Å². The molecule has 0 atom stereocenters. The lowest BCUT2D eigenvalue weighted by atomic mass is 10.00. The molecule has 0 amide bonds. The fourth-order valence-corrected chi connectivity index (χ4v) is 2.87. The summed E-state index contributed by atoms with van der Waals surface area (Å²) in [7, 11) is 0. The molecule has 2 N–H and O–H groups in total. The first-order valence-corrected chi connectivity index (χ1v) is 9.00. The highest BCUT2D eigenvalue weighted by molar-refractivity contribution is 5.79. The standard InChI is InChI=1S/C19H32N4/c1-4-20-19(22-14-16(2)3)21-11-7-12-23-13-10-17-8-5-6-9-18(17)15-23/h5-6,8-9,16H,4,7,10-15H2,1-3H3,(H2,20,21,22). The van der Waals surface area contributed by atoms with Gasteiger partial charge in [-0.2, -0.15) is 0 Å². The van der Waals surface area contributed by atoms with E-state index < -0.39 is 0 Å². The van der Waals surface area contributed by atoms with Gasteiger partial charge < -0.3 is 10.6 Å². The second kappa shape index (κ2) is 9.56. The number of fused-ring (bicyclic) bond motifs is 1. The van der Waals surface area contributed by atoms with E-state index in [1.165, 1.54) is 24.1 Å². The number of rotatable bonds is 7. The van der Waals surface area contributed by atoms with E-state index in [1.54, 1.807) is 0 Å². The van der Waals surface area contributed by atoms with Gasteiger partial charge in [-0.15, -0.1) is 0 Å². The van der Waals surface area contributed by atoms with Crippen LogP contribution in [-0.2, 0) is 13.0 Å². The van der Waals surface area contributed by atoms with Crippen molar-refractivity contribution < 1.29 is 0 Å². The summed E-state index contributed by atoms with van der Waals surface area (Å²) in [6.07, 6.45) is 2.33. The van der Waals surface area contributed by atoms with Crippen LogP contribution in [-0.4, -0.2) is 43.6 Å². The Morgan fingerprint density at radius 1 is 1.22 bits per heavy atom. The summed E-state index contributed by atoms with van der Waals surface area (Å²) >= 11 is 0. The third kappa shape index (κ3) is 6.22. The zero-order valence-electron chi connectivity index (χ0n) is 14.9. The molecule has 1 aromatic carbocycles. The molecule has 1 aliphatic rings. The molecule has 128 valence electrons. The van der Waals surface area contributed by atoms with Gasteiger partial charge in [-0.1, -0.05) is 38.1 Å². The van der Waals surface area contributed by atoms with Crippen molar-refractivity contribution in [2.45, 2.75) is 40.2 Å². The van der Waals surface area contributed by atoms with Gasteiger partial charge in [0.25, 0.3) is 0 Å². The minimum Gasteiger partial charge on any atom is -0.357 e. The molecule has 0 aliphatic carbocycles. The maximum atomic E-state index is 4.61. The highest BCUT2D eigenvalue weighted by Crippen LogP contribution is 2.18. The number of aliphatic imine (C=N–C) groups is 1. The van der Waals surface area contributed by atoms with Crippen molar-refractivity contribution in [3.05, 3.63) is 35.4 Å². The van der Waals surface area contributed by atoms with Gasteiger partial charge in [0.15, 0.2) is 5.96 Å². The van der Waals surface area contributed by atoms with E-state index in [9.17, 15) is 0 Å². The quantitative estimate of drug-likeness (QED) is 0.461. The molecule has 1 aliphatic heterocycles. The van der Waals surface area contributed by atoms with Crippen LogP contribution in [0.25, 0.3) is 0 Å². The van der Waals surface area contributed by atoms with E-state index in [1.807, 2.05) is 0 Å². The van der Waals surface area contributed by atoms with Crippen LogP contribution in [0.1, 0.15) is 38.3 Å². The molecular formula is C19H32N4. The Morgan fingerprint density at radius 3 is 2.74 bits per heavy atom. The Labute approximate surface area is 141 Å². The van der Waals surface area contributed by atoms with E-state index in [0.717, 1.165) is 45.1 Å². The molecule has 0 saturated heterocycles. The van der Waals surface area contributed by atoms with Crippen LogP contribution in [0.3, 0.4) is 0 Å². The second-order valence-corrected chi connectivity index (χ2v) is 6.69. The van der Waals surface area contributed by atoms with Gasteiger partial charge in [0.2, 0.25) is 0 Å². The number of nitrogens with zero attached hydrogens (tertiary/aromatic N) is 2. The molecule has 23 heavy (non-hydrogen) atoms. The predicted molar refractivity (Wildman–Crippen MR) is 98.9 cm³/mol. The Hall–Kier alpha value is -1.55. The zero-order chi connectivity index (χ0) is 16.5. The van der Waals surface area contributed by atoms with Crippen LogP contribution in [0.15, 0.2) is 29.3 Å². The van der Waals surface area contributed by atoms with Crippen molar-refractivity contribution in [1.29, 1.82) is 0 Å². The average molecular weight is 316 g/mol. The van der Waals surface area contributed by atoms with Crippen molar-refractivity contribution in [1.82, 2.24) is 15.5 Å². The van der Waals surface area contributed by atoms with Crippen LogP contribution >= 0.6 is 0 Å². The van der Waals surface area contributed by atoms with Crippen molar-refractivity contribution in [3.63, 3.8) is 0 Å². The van der Waals surface area contributed by atoms with Crippen LogP contribution in [0.4, 0.5) is 0 Å². The second-order valence-electron chi connectivity index (χ2n) is 6.69. The summed E-state index contributed by atoms with van der Waals surface area (Å²) < 4.78 is 0. The lowest BCUT2D eigenvalue weighted by molar-refractivity contribution is 0.251. The number of hydrogen-bond acceptors (Lipinski definition) is 2. The van der Waals surface area contributed by atoms with Crippen molar-refractivity contribution >= 4 is 5.96 Å². The highest BCUT2D eigenvalue weighted by Gasteiger charge is 2.14. The average Bonchev–Trinajstić information content (AvgIpc) is 2.56. The summed E-state index contributed by atoms with van der Waals surface area (Å²) in [4.78, 5) is 7.17. The Balaban J connectivity index is 1.69. The summed E-state index contributed by atoms with van der Waals surface area (Å²) in [5.41, 5.74) is 3.02. The maximum Gasteiger partial charge on any atom is 0.191 e. The predicted octanol–water partition coefficient (Wildman–Crippen LogP) is 2.65. The SMILES string of the molecule is CCNC(=NCC(C)C)NCCCN1CCc2ccccc2C1. The minimum absolute atomic E-state index is 0.596. The maximum absolute atomic E-state index is 4.61. The number of hydrogen-bond donors (Lipinski definition) is 2. The molecule has 0 aromatic heterocycles. The molecule has 4 heteroatoms. The largest absolute Gasteiger partial charge is 0.357 e. The van der Waals surface area contributed by atoms with Gasteiger partial charge in [0, 0.05) is 39.3 Å². The van der Waals surface area contributed by atoms with E-state index >= 15 is 0 Å². The Kier molecular flexibility index (Phi) is 7.40. The fourth-order valence-electron chi connectivity index (χ4n) is 2.87.